The third kappa shape index (κ3) is 23.1. The van der Waals surface area contributed by atoms with Gasteiger partial charge in [0, 0.05) is 56.0 Å². The average Bonchev–Trinajstić information content (AvgIpc) is 4.12. The first-order valence-corrected chi connectivity index (χ1v) is 25.4. The van der Waals surface area contributed by atoms with Gasteiger partial charge in [-0.25, -0.2) is 14.8 Å². The van der Waals surface area contributed by atoms with E-state index in [1.165, 1.54) is 36.8 Å². The second-order valence-electron chi connectivity index (χ2n) is 17.4. The minimum atomic E-state index is -1.85. The maximum atomic E-state index is 14.3. The van der Waals surface area contributed by atoms with Gasteiger partial charge in [-0.2, -0.15) is 11.8 Å². The molecule has 0 radical (unpaired) electrons. The number of hydrogen-bond donors (Lipinski definition) is 17. The molecule has 2 heterocycles. The lowest BCUT2D eigenvalue weighted by molar-refractivity contribution is -0.141. The molecule has 0 aliphatic heterocycles. The lowest BCUT2D eigenvalue weighted by Gasteiger charge is -2.28. The Morgan fingerprint density at radius 1 is 0.662 bits per heavy atom. The van der Waals surface area contributed by atoms with Crippen molar-refractivity contribution >= 4 is 76.9 Å². The SMILES string of the molecule is CSCC[C@H](N)C(=O)N[C@@H](CCC(=O)O)C(=O)N[C@@H](Cc1ccccc1)C(=O)N[C@@H](Cc1cnc[nH]1)C(=O)N[C@H](C(=O)N[C@@H](CCCN=C(N)N)C(=O)N[C@@H](CO)C(=O)NCC(=O)N[C@@H](Cc1cnc[nH]1)C(=O)O)[C@@H](C)O. The van der Waals surface area contributed by atoms with Gasteiger partial charge < -0.3 is 90.1 Å². The Morgan fingerprint density at radius 2 is 1.19 bits per heavy atom. The number of guanidine groups is 1. The molecule has 0 spiro atoms. The number of carboxylic acid groups (broad SMARTS) is 2. The molecule has 0 unspecified atom stereocenters. The number of aliphatic hydroxyl groups is 2. The number of carbonyl (C=O) groups is 10. The summed E-state index contributed by atoms with van der Waals surface area (Å²) in [6.45, 7) is -0.717. The second-order valence-corrected chi connectivity index (χ2v) is 18.4. The first kappa shape index (κ1) is 63.1. The fourth-order valence-corrected chi connectivity index (χ4v) is 7.62. The number of carboxylic acids is 2. The van der Waals surface area contributed by atoms with E-state index >= 15 is 0 Å². The molecule has 9 atom stereocenters. The van der Waals surface area contributed by atoms with E-state index in [9.17, 15) is 68.4 Å². The molecule has 3 rings (SSSR count). The van der Waals surface area contributed by atoms with Crippen molar-refractivity contribution in [2.45, 2.75) is 113 Å². The molecule has 0 saturated heterocycles. The van der Waals surface area contributed by atoms with Crippen LogP contribution in [0.15, 0.2) is 60.4 Å². The number of H-pyrrole nitrogens is 2. The van der Waals surface area contributed by atoms with E-state index in [1.807, 2.05) is 6.26 Å². The van der Waals surface area contributed by atoms with E-state index in [2.05, 4.69) is 67.5 Å². The van der Waals surface area contributed by atoms with Crippen molar-refractivity contribution in [3.63, 3.8) is 0 Å². The number of amides is 8. The number of nitrogens with one attached hydrogen (secondary N) is 10. The van der Waals surface area contributed by atoms with Crippen LogP contribution in [0.4, 0.5) is 0 Å². The van der Waals surface area contributed by atoms with Crippen LogP contribution in [0.25, 0.3) is 0 Å². The largest absolute Gasteiger partial charge is 0.481 e. The Labute approximate surface area is 445 Å². The van der Waals surface area contributed by atoms with Gasteiger partial charge in [0.25, 0.3) is 0 Å². The van der Waals surface area contributed by atoms with E-state index < -0.39 is 133 Å². The summed E-state index contributed by atoms with van der Waals surface area (Å²) in [4.78, 5) is 149. The maximum Gasteiger partial charge on any atom is 0.326 e. The molecule has 422 valence electrons. The number of aromatic amines is 2. The number of benzene rings is 1. The first-order valence-electron chi connectivity index (χ1n) is 24.0. The van der Waals surface area contributed by atoms with Gasteiger partial charge in [0.2, 0.25) is 47.3 Å². The number of carbonyl (C=O) groups excluding carboxylic acids is 8. The van der Waals surface area contributed by atoms with Crippen molar-refractivity contribution in [1.29, 1.82) is 0 Å². The summed E-state index contributed by atoms with van der Waals surface area (Å²) in [5, 5.41) is 59.1. The van der Waals surface area contributed by atoms with E-state index in [1.54, 1.807) is 30.3 Å². The van der Waals surface area contributed by atoms with E-state index in [-0.39, 0.29) is 57.5 Å². The number of rotatable bonds is 35. The highest BCUT2D eigenvalue weighted by molar-refractivity contribution is 7.98. The summed E-state index contributed by atoms with van der Waals surface area (Å²) in [7, 11) is 0. The van der Waals surface area contributed by atoms with Gasteiger partial charge in [0.15, 0.2) is 5.96 Å². The molecule has 2 aromatic heterocycles. The lowest BCUT2D eigenvalue weighted by atomic mass is 10.0. The zero-order valence-corrected chi connectivity index (χ0v) is 43.0. The molecule has 0 saturated carbocycles. The molecule has 8 amide bonds. The van der Waals surface area contributed by atoms with Gasteiger partial charge in [-0.15, -0.1) is 0 Å². The minimum absolute atomic E-state index is 0.0266. The molecule has 0 aliphatic carbocycles. The highest BCUT2D eigenvalue weighted by atomic mass is 32.2. The molecular formula is C46H68N16O14S. The number of nitrogens with two attached hydrogens (primary N) is 3. The molecule has 0 aliphatic rings. The molecule has 77 heavy (non-hydrogen) atoms. The first-order chi connectivity index (χ1) is 36.6. The number of aliphatic carboxylic acids is 2. The van der Waals surface area contributed by atoms with Crippen molar-refractivity contribution in [3.05, 3.63) is 72.3 Å². The molecule has 1 aromatic carbocycles. The molecular weight excluding hydrogens is 1030 g/mol. The number of aliphatic hydroxyl groups excluding tert-OH is 2. The van der Waals surface area contributed by atoms with Crippen molar-refractivity contribution in [3.8, 4) is 0 Å². The summed E-state index contributed by atoms with van der Waals surface area (Å²) in [5.41, 5.74) is 18.1. The van der Waals surface area contributed by atoms with Gasteiger partial charge in [-0.1, -0.05) is 30.3 Å². The van der Waals surface area contributed by atoms with E-state index in [0.29, 0.717) is 22.7 Å². The zero-order chi connectivity index (χ0) is 57.0. The number of imidazole rings is 2. The summed E-state index contributed by atoms with van der Waals surface area (Å²) in [6.07, 6.45) is 3.89. The Hall–Kier alpha value is -8.16. The third-order valence-electron chi connectivity index (χ3n) is 11.3. The van der Waals surface area contributed by atoms with Gasteiger partial charge in [-0.05, 0) is 50.2 Å². The fourth-order valence-electron chi connectivity index (χ4n) is 7.13. The summed E-state index contributed by atoms with van der Waals surface area (Å²) >= 11 is 1.43. The highest BCUT2D eigenvalue weighted by Gasteiger charge is 2.36. The van der Waals surface area contributed by atoms with Crippen LogP contribution in [-0.2, 0) is 67.2 Å². The zero-order valence-electron chi connectivity index (χ0n) is 42.2. The average molecular weight is 1100 g/mol. The Balaban J connectivity index is 1.85. The van der Waals surface area contributed by atoms with Gasteiger partial charge in [-0.3, -0.25) is 48.1 Å². The smallest absolute Gasteiger partial charge is 0.326 e. The summed E-state index contributed by atoms with van der Waals surface area (Å²) < 4.78 is 0. The van der Waals surface area contributed by atoms with Crippen molar-refractivity contribution in [2.24, 2.45) is 22.2 Å². The summed E-state index contributed by atoms with van der Waals surface area (Å²) in [6, 6.07) is -3.76. The van der Waals surface area contributed by atoms with Crippen LogP contribution in [0.5, 0.6) is 0 Å². The Morgan fingerprint density at radius 3 is 1.73 bits per heavy atom. The van der Waals surface area contributed by atoms with Crippen LogP contribution < -0.4 is 59.7 Å². The second kappa shape index (κ2) is 33.0. The minimum Gasteiger partial charge on any atom is -0.481 e. The predicted molar refractivity (Wildman–Crippen MR) is 275 cm³/mol. The standard InChI is InChI=1S/C46H68N16O14S/c1-24(64)37(44(74)58-29(9-6-13-52-46(48)49)40(70)61-34(21-63)39(69)53-20-35(65)56-33(45(75)76)17-27-19-51-23-55-27)62-43(73)32(16-26-18-50-22-54-26)60-42(72)31(15-25-7-4-3-5-8-25)59-41(71)30(10-11-36(66)67)57-38(68)28(47)12-14-77-2/h3-5,7-8,18-19,22-24,28-34,37,63-64H,6,9-17,20-21,47H2,1-2H3,(H,50,54)(H,51,55)(H,53,69)(H,56,65)(H,57,68)(H,58,74)(H,59,71)(H,60,72)(H,61,70)(H,62,73)(H,66,67)(H,75,76)(H4,48,49,52)/t24-,28+,29+,30+,31+,32+,33+,34+,37+/m1/s1. The molecule has 20 N–H and O–H groups in total. The van der Waals surface area contributed by atoms with Crippen LogP contribution >= 0.6 is 11.8 Å². The number of hydrogen-bond acceptors (Lipinski definition) is 17. The number of nitrogens with zero attached hydrogens (tertiary/aromatic N) is 3. The van der Waals surface area contributed by atoms with Crippen molar-refractivity contribution < 1.29 is 68.4 Å². The predicted octanol–water partition coefficient (Wildman–Crippen LogP) is -5.87. The van der Waals surface area contributed by atoms with E-state index in [4.69, 9.17) is 17.2 Å². The van der Waals surface area contributed by atoms with Crippen LogP contribution in [0.2, 0.25) is 0 Å². The number of aromatic nitrogens is 4. The molecule has 3 aromatic rings. The monoisotopic (exact) mass is 1100 g/mol. The van der Waals surface area contributed by atoms with Gasteiger partial charge in [0.05, 0.1) is 38.0 Å². The quantitative estimate of drug-likeness (QED) is 0.0148. The van der Waals surface area contributed by atoms with Crippen LogP contribution in [0, 0.1) is 0 Å². The summed E-state index contributed by atoms with van der Waals surface area (Å²) in [5.74, 6) is -10.3. The van der Waals surface area contributed by atoms with Crippen molar-refractivity contribution in [1.82, 2.24) is 62.5 Å². The Kier molecular flexibility index (Phi) is 27.1. The molecule has 31 heteroatoms. The number of thioether (sulfide) groups is 1. The van der Waals surface area contributed by atoms with Crippen molar-refractivity contribution in [2.75, 3.05) is 31.7 Å². The molecule has 0 fully saturated rings. The normalized spacial score (nSPS) is 14.5. The van der Waals surface area contributed by atoms with Gasteiger partial charge >= 0.3 is 11.9 Å². The third-order valence-corrected chi connectivity index (χ3v) is 11.9. The maximum absolute atomic E-state index is 14.3. The van der Waals surface area contributed by atoms with Crippen LogP contribution in [0.1, 0.15) is 56.0 Å². The Bertz CT molecular complexity index is 2450. The van der Waals surface area contributed by atoms with E-state index in [0.717, 1.165) is 6.92 Å². The molecule has 30 nitrogen and oxygen atoms in total. The molecule has 0 bridgehead atoms. The van der Waals surface area contributed by atoms with Gasteiger partial charge in [0.1, 0.15) is 42.3 Å². The van der Waals surface area contributed by atoms with Crippen LogP contribution in [0.3, 0.4) is 0 Å². The van der Waals surface area contributed by atoms with Crippen LogP contribution in [-0.4, -0.2) is 192 Å². The fraction of sp³-hybridized carbons (Fsp3) is 0.500. The number of aliphatic imine (C=N–C) groups is 1. The lowest BCUT2D eigenvalue weighted by Crippen LogP contribution is -2.62. The highest BCUT2D eigenvalue weighted by Crippen LogP contribution is 2.10. The topological polar surface area (TPSA) is 496 Å².